The Morgan fingerprint density at radius 2 is 2.12 bits per heavy atom. The Bertz CT molecular complexity index is 403. The number of carbonyl (C=O) groups is 1. The average Bonchev–Trinajstić information content (AvgIpc) is 2.69. The molecule has 16 heavy (non-hydrogen) atoms. The second-order valence-corrected chi connectivity index (χ2v) is 4.46. The number of hydrogen-bond donors (Lipinski definition) is 0. The molecule has 0 radical (unpaired) electrons. The fraction of sp³-hybridized carbons (Fsp3) is 0.333. The van der Waals surface area contributed by atoms with Gasteiger partial charge in [-0.3, -0.25) is 14.7 Å². The van der Waals surface area contributed by atoms with Gasteiger partial charge in [-0.1, -0.05) is 36.9 Å². The van der Waals surface area contributed by atoms with E-state index >= 15 is 0 Å². The van der Waals surface area contributed by atoms with Crippen LogP contribution in [0.5, 0.6) is 0 Å². The van der Waals surface area contributed by atoms with Crippen LogP contribution >= 0.6 is 11.8 Å². The highest BCUT2D eigenvalue weighted by atomic mass is 32.2. The van der Waals surface area contributed by atoms with Crippen LogP contribution in [-0.4, -0.2) is 23.4 Å². The monoisotopic (exact) mass is 234 g/mol. The van der Waals surface area contributed by atoms with Crippen molar-refractivity contribution in [1.29, 1.82) is 0 Å². The van der Waals surface area contributed by atoms with E-state index < -0.39 is 0 Å². The quantitative estimate of drug-likeness (QED) is 0.805. The Hall–Kier alpha value is -1.29. The Morgan fingerprint density at radius 1 is 1.38 bits per heavy atom. The van der Waals surface area contributed by atoms with Crippen LogP contribution < -0.4 is 4.90 Å². The van der Waals surface area contributed by atoms with Gasteiger partial charge in [-0.05, 0) is 18.6 Å². The second-order valence-electron chi connectivity index (χ2n) is 3.52. The first-order valence-electron chi connectivity index (χ1n) is 5.38. The molecule has 0 aromatic heterocycles. The van der Waals surface area contributed by atoms with Gasteiger partial charge in [0.05, 0.1) is 11.4 Å². The van der Waals surface area contributed by atoms with Gasteiger partial charge in [-0.15, -0.1) is 0 Å². The number of benzene rings is 1. The SMILES string of the molecule is CCC/N=C1\SCC(=O)N1c1ccccc1. The van der Waals surface area contributed by atoms with Crippen molar-refractivity contribution < 1.29 is 4.79 Å². The summed E-state index contributed by atoms with van der Waals surface area (Å²) in [5.41, 5.74) is 0.910. The van der Waals surface area contributed by atoms with E-state index in [2.05, 4.69) is 11.9 Å². The minimum absolute atomic E-state index is 0.117. The number of carbonyl (C=O) groups excluding carboxylic acids is 1. The van der Waals surface area contributed by atoms with Crippen molar-refractivity contribution in [3.8, 4) is 0 Å². The van der Waals surface area contributed by atoms with E-state index in [0.29, 0.717) is 5.75 Å². The molecule has 1 aromatic carbocycles. The summed E-state index contributed by atoms with van der Waals surface area (Å²) in [6.07, 6.45) is 1.00. The minimum Gasteiger partial charge on any atom is -0.273 e. The molecule has 0 spiro atoms. The van der Waals surface area contributed by atoms with Crippen molar-refractivity contribution in [1.82, 2.24) is 0 Å². The van der Waals surface area contributed by atoms with E-state index in [9.17, 15) is 4.79 Å². The van der Waals surface area contributed by atoms with Gasteiger partial charge >= 0.3 is 0 Å². The zero-order chi connectivity index (χ0) is 11.4. The molecule has 0 aliphatic carbocycles. The van der Waals surface area contributed by atoms with Gasteiger partial charge in [0.15, 0.2) is 5.17 Å². The summed E-state index contributed by atoms with van der Waals surface area (Å²) in [5, 5.41) is 0.832. The van der Waals surface area contributed by atoms with Gasteiger partial charge in [0.1, 0.15) is 0 Å². The van der Waals surface area contributed by atoms with Crippen LogP contribution in [0.3, 0.4) is 0 Å². The molecule has 0 atom stereocenters. The fourth-order valence-electron chi connectivity index (χ4n) is 1.52. The number of amides is 1. The molecule has 1 fully saturated rings. The molecule has 0 bridgehead atoms. The summed E-state index contributed by atoms with van der Waals surface area (Å²) in [4.78, 5) is 17.9. The van der Waals surface area contributed by atoms with Gasteiger partial charge in [0, 0.05) is 6.54 Å². The number of hydrogen-bond acceptors (Lipinski definition) is 3. The first-order valence-corrected chi connectivity index (χ1v) is 6.36. The maximum absolute atomic E-state index is 11.8. The molecular weight excluding hydrogens is 220 g/mol. The molecule has 1 saturated heterocycles. The zero-order valence-electron chi connectivity index (χ0n) is 9.22. The number of anilines is 1. The molecule has 2 rings (SSSR count). The lowest BCUT2D eigenvalue weighted by molar-refractivity contribution is -0.115. The lowest BCUT2D eigenvalue weighted by Gasteiger charge is -2.15. The van der Waals surface area contributed by atoms with Gasteiger partial charge in [0.25, 0.3) is 0 Å². The first-order chi connectivity index (χ1) is 7.83. The molecular formula is C12H14N2OS. The highest BCUT2D eigenvalue weighted by Crippen LogP contribution is 2.26. The van der Waals surface area contributed by atoms with Gasteiger partial charge in [-0.2, -0.15) is 0 Å². The normalized spacial score (nSPS) is 18.4. The third kappa shape index (κ3) is 2.27. The topological polar surface area (TPSA) is 32.7 Å². The zero-order valence-corrected chi connectivity index (χ0v) is 10.0. The number of amidine groups is 1. The molecule has 0 N–H and O–H groups in total. The molecule has 1 aromatic rings. The van der Waals surface area contributed by atoms with E-state index in [1.54, 1.807) is 4.90 Å². The van der Waals surface area contributed by atoms with E-state index in [1.165, 1.54) is 11.8 Å². The van der Waals surface area contributed by atoms with Crippen LogP contribution in [0.2, 0.25) is 0 Å². The molecule has 0 saturated carbocycles. The number of aliphatic imine (C=N–C) groups is 1. The number of rotatable bonds is 3. The number of thioether (sulfide) groups is 1. The lowest BCUT2D eigenvalue weighted by atomic mass is 10.3. The largest absolute Gasteiger partial charge is 0.273 e. The summed E-state index contributed by atoms with van der Waals surface area (Å²) >= 11 is 1.52. The predicted molar refractivity (Wildman–Crippen MR) is 69.0 cm³/mol. The van der Waals surface area contributed by atoms with Gasteiger partial charge in [0.2, 0.25) is 5.91 Å². The van der Waals surface area contributed by atoms with Crippen LogP contribution in [0.4, 0.5) is 5.69 Å². The van der Waals surface area contributed by atoms with Gasteiger partial charge in [-0.25, -0.2) is 0 Å². The Kier molecular flexibility index (Phi) is 3.62. The summed E-state index contributed by atoms with van der Waals surface area (Å²) in [6.45, 7) is 2.86. The summed E-state index contributed by atoms with van der Waals surface area (Å²) in [5.74, 6) is 0.614. The van der Waals surface area contributed by atoms with E-state index in [0.717, 1.165) is 23.8 Å². The standard InChI is InChI=1S/C12H14N2OS/c1-2-8-13-12-14(11(15)9-16-12)10-6-4-3-5-7-10/h3-7H,2,8-9H2,1H3/b13-12-. The Labute approximate surface area is 99.6 Å². The van der Waals surface area contributed by atoms with Crippen LogP contribution in [0.1, 0.15) is 13.3 Å². The number of nitrogens with zero attached hydrogens (tertiary/aromatic N) is 2. The third-order valence-electron chi connectivity index (χ3n) is 2.25. The van der Waals surface area contributed by atoms with Gasteiger partial charge < -0.3 is 0 Å². The van der Waals surface area contributed by atoms with Crippen molar-refractivity contribution in [2.45, 2.75) is 13.3 Å². The van der Waals surface area contributed by atoms with Crippen molar-refractivity contribution in [2.24, 2.45) is 4.99 Å². The minimum atomic E-state index is 0.117. The van der Waals surface area contributed by atoms with Crippen LogP contribution in [0.15, 0.2) is 35.3 Å². The van der Waals surface area contributed by atoms with E-state index in [-0.39, 0.29) is 5.91 Å². The maximum Gasteiger partial charge on any atom is 0.243 e. The van der Waals surface area contributed by atoms with E-state index in [1.807, 2.05) is 30.3 Å². The Morgan fingerprint density at radius 3 is 2.81 bits per heavy atom. The predicted octanol–water partition coefficient (Wildman–Crippen LogP) is 2.53. The number of para-hydroxylation sites is 1. The highest BCUT2D eigenvalue weighted by molar-refractivity contribution is 8.15. The van der Waals surface area contributed by atoms with E-state index in [4.69, 9.17) is 0 Å². The first kappa shape index (κ1) is 11.2. The van der Waals surface area contributed by atoms with Crippen LogP contribution in [-0.2, 0) is 4.79 Å². The molecule has 1 heterocycles. The summed E-state index contributed by atoms with van der Waals surface area (Å²) < 4.78 is 0. The van der Waals surface area contributed by atoms with Crippen molar-refractivity contribution >= 4 is 28.5 Å². The molecule has 1 aliphatic rings. The smallest absolute Gasteiger partial charge is 0.243 e. The summed E-state index contributed by atoms with van der Waals surface area (Å²) in [7, 11) is 0. The van der Waals surface area contributed by atoms with Crippen molar-refractivity contribution in [3.05, 3.63) is 30.3 Å². The molecule has 84 valence electrons. The molecule has 1 aliphatic heterocycles. The summed E-state index contributed by atoms with van der Waals surface area (Å²) in [6, 6.07) is 9.68. The average molecular weight is 234 g/mol. The third-order valence-corrected chi connectivity index (χ3v) is 3.21. The Balaban J connectivity index is 2.26. The van der Waals surface area contributed by atoms with Crippen molar-refractivity contribution in [2.75, 3.05) is 17.2 Å². The maximum atomic E-state index is 11.8. The molecule has 4 heteroatoms. The van der Waals surface area contributed by atoms with Crippen LogP contribution in [0.25, 0.3) is 0 Å². The molecule has 1 amide bonds. The molecule has 3 nitrogen and oxygen atoms in total. The van der Waals surface area contributed by atoms with Crippen molar-refractivity contribution in [3.63, 3.8) is 0 Å². The fourth-order valence-corrected chi connectivity index (χ4v) is 2.42. The lowest BCUT2D eigenvalue weighted by Crippen LogP contribution is -2.29. The molecule has 0 unspecified atom stereocenters. The van der Waals surface area contributed by atoms with Crippen LogP contribution in [0, 0.1) is 0 Å². The highest BCUT2D eigenvalue weighted by Gasteiger charge is 2.28. The second kappa shape index (κ2) is 5.16.